The molecule has 234 valence electrons. The molecule has 1 aliphatic heterocycles. The first kappa shape index (κ1) is 31.7. The number of rotatable bonds is 13. The summed E-state index contributed by atoms with van der Waals surface area (Å²) in [7, 11) is 0. The molecule has 1 saturated carbocycles. The van der Waals surface area contributed by atoms with Crippen molar-refractivity contribution in [2.45, 2.75) is 74.9 Å². The molecule has 0 spiro atoms. The number of thioether (sulfide) groups is 2. The highest BCUT2D eigenvalue weighted by atomic mass is 32.2. The number of carbonyl (C=O) groups excluding carboxylic acids is 2. The number of aromatic nitrogens is 3. The molecule has 0 unspecified atom stereocenters. The Labute approximate surface area is 279 Å². The Morgan fingerprint density at radius 2 is 1.91 bits per heavy atom. The molecular formula is C32H33N5O4S4. The predicted octanol–water partition coefficient (Wildman–Crippen LogP) is 8.08. The fourth-order valence-corrected chi connectivity index (χ4v) is 8.06. The number of hydrogen-bond donors (Lipinski definition) is 1. The Bertz CT molecular complexity index is 1650. The van der Waals surface area contributed by atoms with Gasteiger partial charge in [-0.3, -0.25) is 14.5 Å². The molecule has 13 heteroatoms. The molecule has 0 atom stereocenters. The van der Waals surface area contributed by atoms with Crippen LogP contribution >= 0.6 is 47.1 Å². The van der Waals surface area contributed by atoms with Crippen LogP contribution in [0.2, 0.25) is 0 Å². The van der Waals surface area contributed by atoms with E-state index in [2.05, 4.69) is 20.5 Å². The maximum atomic E-state index is 13.0. The van der Waals surface area contributed by atoms with E-state index in [1.165, 1.54) is 54.1 Å². The van der Waals surface area contributed by atoms with Gasteiger partial charge in [-0.15, -0.1) is 10.2 Å². The van der Waals surface area contributed by atoms with E-state index in [1.807, 2.05) is 54.6 Å². The van der Waals surface area contributed by atoms with E-state index < -0.39 is 0 Å². The summed E-state index contributed by atoms with van der Waals surface area (Å²) in [5, 5.41) is 12.9. The molecule has 2 aliphatic rings. The number of para-hydroxylation sites is 2. The maximum Gasteiger partial charge on any atom is 0.266 e. The number of oxazole rings is 1. The topological polar surface area (TPSA) is 110 Å². The molecule has 6 rings (SSSR count). The van der Waals surface area contributed by atoms with E-state index in [0.717, 1.165) is 53.1 Å². The van der Waals surface area contributed by atoms with Crippen molar-refractivity contribution < 1.29 is 18.7 Å². The number of carbonyl (C=O) groups is 2. The second kappa shape index (κ2) is 15.4. The molecule has 0 radical (unpaired) electrons. The molecule has 9 nitrogen and oxygen atoms in total. The van der Waals surface area contributed by atoms with Crippen molar-refractivity contribution in [2.75, 3.05) is 11.9 Å². The van der Waals surface area contributed by atoms with Crippen molar-refractivity contribution in [2.24, 2.45) is 0 Å². The summed E-state index contributed by atoms with van der Waals surface area (Å²) < 4.78 is 12.4. The number of unbranched alkanes of at least 4 members (excludes halogenated alkanes) is 2. The lowest BCUT2D eigenvalue weighted by atomic mass is 9.98. The number of fused-ring (bicyclic) bond motifs is 1. The van der Waals surface area contributed by atoms with Crippen molar-refractivity contribution in [3.05, 3.63) is 64.0 Å². The Balaban J connectivity index is 0.885. The number of ether oxygens (including phenoxy) is 1. The summed E-state index contributed by atoms with van der Waals surface area (Å²) >= 11 is 9.61. The summed E-state index contributed by atoms with van der Waals surface area (Å²) in [4.78, 5) is 32.2. The molecule has 4 aromatic rings. The fraction of sp³-hybridized carbons (Fsp3) is 0.375. The van der Waals surface area contributed by atoms with Gasteiger partial charge in [-0.2, -0.15) is 0 Å². The summed E-state index contributed by atoms with van der Waals surface area (Å²) in [6.45, 7) is 0.537. The zero-order valence-corrected chi connectivity index (χ0v) is 27.9. The molecule has 1 saturated heterocycles. The van der Waals surface area contributed by atoms with Gasteiger partial charge in [0, 0.05) is 13.0 Å². The van der Waals surface area contributed by atoms with Gasteiger partial charge in [-0.05, 0) is 74.4 Å². The molecule has 2 amide bonds. The normalized spacial score (nSPS) is 16.6. The van der Waals surface area contributed by atoms with Crippen LogP contribution in [0.5, 0.6) is 5.75 Å². The predicted molar refractivity (Wildman–Crippen MR) is 184 cm³/mol. The fourth-order valence-electron chi connectivity index (χ4n) is 5.17. The Morgan fingerprint density at radius 1 is 1.09 bits per heavy atom. The zero-order valence-electron chi connectivity index (χ0n) is 24.6. The number of nitrogens with one attached hydrogen (secondary N) is 1. The smallest absolute Gasteiger partial charge is 0.266 e. The summed E-state index contributed by atoms with van der Waals surface area (Å²) in [5.74, 6) is 1.26. The summed E-state index contributed by atoms with van der Waals surface area (Å²) in [6, 6.07) is 15.5. The standard InChI is InChI=1S/C32H33N5O4S4/c38-27(34-30-36-35-28(45-30)20-43-31-33-24-11-6-7-12-25(24)41-31)13-5-2-8-18-37-29(39)26(44-32(37)42)19-21-14-16-23(17-15-21)40-22-9-3-1-4-10-22/h6-7,11-12,14-17,19,22H,1-5,8-10,13,18,20H2,(H,34,36,38)/b26-19-. The molecule has 2 fully saturated rings. The molecule has 1 aliphatic carbocycles. The summed E-state index contributed by atoms with van der Waals surface area (Å²) in [5.41, 5.74) is 2.51. The van der Waals surface area contributed by atoms with Gasteiger partial charge in [0.15, 0.2) is 5.58 Å². The molecule has 2 aromatic carbocycles. The molecule has 3 heterocycles. The highest BCUT2D eigenvalue weighted by Gasteiger charge is 2.31. The van der Waals surface area contributed by atoms with Crippen molar-refractivity contribution in [1.29, 1.82) is 0 Å². The first-order valence-corrected chi connectivity index (χ1v) is 18.2. The van der Waals surface area contributed by atoms with Crippen LogP contribution in [0, 0.1) is 0 Å². The van der Waals surface area contributed by atoms with E-state index in [0.29, 0.717) is 50.8 Å². The molecule has 0 bridgehead atoms. The first-order valence-electron chi connectivity index (χ1n) is 15.1. The minimum Gasteiger partial charge on any atom is -0.490 e. The minimum absolute atomic E-state index is 0.0633. The average molecular weight is 680 g/mol. The lowest BCUT2D eigenvalue weighted by Crippen LogP contribution is -2.29. The molecule has 45 heavy (non-hydrogen) atoms. The van der Waals surface area contributed by atoms with Crippen LogP contribution in [-0.4, -0.2) is 48.9 Å². The third-order valence-corrected chi connectivity index (χ3v) is 10.7. The first-order chi connectivity index (χ1) is 22.0. The van der Waals surface area contributed by atoms with Crippen LogP contribution < -0.4 is 10.1 Å². The van der Waals surface area contributed by atoms with E-state index in [4.69, 9.17) is 21.4 Å². The maximum absolute atomic E-state index is 13.0. The monoisotopic (exact) mass is 679 g/mol. The van der Waals surface area contributed by atoms with Gasteiger partial charge in [-0.25, -0.2) is 4.98 Å². The second-order valence-electron chi connectivity index (χ2n) is 10.9. The van der Waals surface area contributed by atoms with Crippen LogP contribution in [0.4, 0.5) is 5.13 Å². The van der Waals surface area contributed by atoms with Gasteiger partial charge < -0.3 is 14.5 Å². The molecular weight excluding hydrogens is 647 g/mol. The SMILES string of the molecule is O=C(CCCCCN1C(=O)/C(=C/c2ccc(OC3CCCCC3)cc2)SC1=S)Nc1nnc(CSc2nc3ccccc3o2)s1. The lowest BCUT2D eigenvalue weighted by Gasteiger charge is -2.22. The molecule has 2 aromatic heterocycles. The van der Waals surface area contributed by atoms with Crippen LogP contribution in [0.1, 0.15) is 68.4 Å². The zero-order chi connectivity index (χ0) is 31.0. The largest absolute Gasteiger partial charge is 0.490 e. The van der Waals surface area contributed by atoms with Gasteiger partial charge in [0.05, 0.1) is 16.8 Å². The number of anilines is 1. The highest BCUT2D eigenvalue weighted by Crippen LogP contribution is 2.33. The number of nitrogens with zero attached hydrogens (tertiary/aromatic N) is 4. The lowest BCUT2D eigenvalue weighted by molar-refractivity contribution is -0.122. The van der Waals surface area contributed by atoms with Crippen molar-refractivity contribution in [1.82, 2.24) is 20.1 Å². The Morgan fingerprint density at radius 3 is 2.73 bits per heavy atom. The van der Waals surface area contributed by atoms with Crippen LogP contribution in [-0.2, 0) is 15.3 Å². The van der Waals surface area contributed by atoms with E-state index >= 15 is 0 Å². The van der Waals surface area contributed by atoms with Gasteiger partial charge >= 0.3 is 0 Å². The van der Waals surface area contributed by atoms with Gasteiger partial charge in [0.25, 0.3) is 11.1 Å². The van der Waals surface area contributed by atoms with Crippen molar-refractivity contribution >= 4 is 85.5 Å². The third kappa shape index (κ3) is 8.72. The van der Waals surface area contributed by atoms with Crippen molar-refractivity contribution in [3.63, 3.8) is 0 Å². The van der Waals surface area contributed by atoms with Crippen LogP contribution in [0.25, 0.3) is 17.2 Å². The quantitative estimate of drug-likeness (QED) is 0.0644. The van der Waals surface area contributed by atoms with Crippen LogP contribution in [0.15, 0.2) is 63.1 Å². The van der Waals surface area contributed by atoms with E-state index in [9.17, 15) is 9.59 Å². The van der Waals surface area contributed by atoms with Gasteiger partial charge in [0.2, 0.25) is 11.0 Å². The van der Waals surface area contributed by atoms with Crippen molar-refractivity contribution in [3.8, 4) is 5.75 Å². The summed E-state index contributed by atoms with van der Waals surface area (Å²) in [6.07, 6.45) is 10.8. The number of amides is 2. The minimum atomic E-state index is -0.104. The Kier molecular flexibility index (Phi) is 10.8. The van der Waals surface area contributed by atoms with E-state index in [1.54, 1.807) is 4.90 Å². The third-order valence-electron chi connectivity index (χ3n) is 7.50. The Hall–Kier alpha value is -3.26. The number of benzene rings is 2. The molecule has 1 N–H and O–H groups in total. The highest BCUT2D eigenvalue weighted by molar-refractivity contribution is 8.26. The number of thiocarbonyl (C=S) groups is 1. The average Bonchev–Trinajstić information content (AvgIpc) is 3.75. The van der Waals surface area contributed by atoms with Gasteiger partial charge in [0.1, 0.15) is 20.6 Å². The van der Waals surface area contributed by atoms with Gasteiger partial charge in [-0.1, -0.05) is 84.2 Å². The van der Waals surface area contributed by atoms with E-state index in [-0.39, 0.29) is 11.8 Å². The number of hydrogen-bond acceptors (Lipinski definition) is 11. The van der Waals surface area contributed by atoms with Crippen LogP contribution in [0.3, 0.4) is 0 Å². The second-order valence-corrected chi connectivity index (χ2v) is 14.5.